The van der Waals surface area contributed by atoms with Crippen LogP contribution in [-0.4, -0.2) is 62.3 Å². The minimum atomic E-state index is -1.13. The molecular formula is C16H17FN4O3. The Labute approximate surface area is 137 Å². The van der Waals surface area contributed by atoms with Crippen LogP contribution in [0.3, 0.4) is 0 Å². The van der Waals surface area contributed by atoms with Gasteiger partial charge in [-0.3, -0.25) is 4.90 Å². The van der Waals surface area contributed by atoms with Gasteiger partial charge in [0.25, 0.3) is 0 Å². The zero-order valence-corrected chi connectivity index (χ0v) is 13.0. The van der Waals surface area contributed by atoms with E-state index >= 15 is 0 Å². The van der Waals surface area contributed by atoms with E-state index < -0.39 is 12.1 Å². The highest BCUT2D eigenvalue weighted by atomic mass is 19.1. The van der Waals surface area contributed by atoms with Crippen LogP contribution in [0.2, 0.25) is 0 Å². The highest BCUT2D eigenvalue weighted by Gasteiger charge is 2.49. The fourth-order valence-corrected chi connectivity index (χ4v) is 3.83. The molecule has 1 N–H and O–H groups in total. The lowest BCUT2D eigenvalue weighted by molar-refractivity contribution is 0.0692. The lowest BCUT2D eigenvalue weighted by Gasteiger charge is -2.30. The summed E-state index contributed by atoms with van der Waals surface area (Å²) >= 11 is 0. The number of carbonyl (C=O) groups is 1. The molecule has 2 aliphatic heterocycles. The van der Waals surface area contributed by atoms with Crippen LogP contribution in [0.4, 0.5) is 4.39 Å². The van der Waals surface area contributed by atoms with Crippen molar-refractivity contribution in [1.29, 1.82) is 0 Å². The number of ether oxygens (including phenoxy) is 1. The molecule has 7 nitrogen and oxygen atoms in total. The first-order chi connectivity index (χ1) is 11.6. The molecule has 126 valence electrons. The van der Waals surface area contributed by atoms with E-state index in [0.29, 0.717) is 30.5 Å². The maximum atomic E-state index is 13.8. The summed E-state index contributed by atoms with van der Waals surface area (Å²) in [7, 11) is 0. The number of nitrogens with zero attached hydrogens (tertiary/aromatic N) is 4. The molecule has 0 radical (unpaired) electrons. The van der Waals surface area contributed by atoms with Crippen molar-refractivity contribution in [3.8, 4) is 6.01 Å². The van der Waals surface area contributed by atoms with Crippen molar-refractivity contribution in [2.75, 3.05) is 19.7 Å². The summed E-state index contributed by atoms with van der Waals surface area (Å²) in [5.74, 6) is -1.13. The predicted molar refractivity (Wildman–Crippen MR) is 82.8 cm³/mol. The van der Waals surface area contributed by atoms with Crippen LogP contribution in [-0.2, 0) is 0 Å². The van der Waals surface area contributed by atoms with Gasteiger partial charge in [-0.1, -0.05) is 0 Å². The van der Waals surface area contributed by atoms with E-state index in [4.69, 9.17) is 9.84 Å². The average Bonchev–Trinajstić information content (AvgIpc) is 3.07. The highest BCUT2D eigenvalue weighted by Crippen LogP contribution is 2.40. The van der Waals surface area contributed by atoms with E-state index in [-0.39, 0.29) is 17.2 Å². The van der Waals surface area contributed by atoms with Crippen LogP contribution in [0, 0.1) is 0 Å². The van der Waals surface area contributed by atoms with E-state index in [2.05, 4.69) is 19.9 Å². The van der Waals surface area contributed by atoms with E-state index in [9.17, 15) is 9.18 Å². The number of rotatable bonds is 4. The van der Waals surface area contributed by atoms with E-state index in [1.807, 2.05) is 0 Å². The summed E-state index contributed by atoms with van der Waals surface area (Å²) in [6, 6.07) is 1.79. The standard InChI is InChI=1S/C16H17FN4O3/c17-10-6-16(3-1-5-21(16)8-10)9-24-15-19-7-11-12(20-15)2-4-18-13(11)14(22)23/h2,4,7,10H,1,3,5-6,8-9H2,(H,22,23)/t10-,16+/m1/s1. The van der Waals surface area contributed by atoms with Gasteiger partial charge in [0.1, 0.15) is 12.8 Å². The van der Waals surface area contributed by atoms with Gasteiger partial charge in [-0.25, -0.2) is 19.2 Å². The first-order valence-electron chi connectivity index (χ1n) is 7.94. The van der Waals surface area contributed by atoms with Gasteiger partial charge in [-0.15, -0.1) is 0 Å². The van der Waals surface area contributed by atoms with Crippen LogP contribution in [0.15, 0.2) is 18.5 Å². The molecular weight excluding hydrogens is 315 g/mol. The van der Waals surface area contributed by atoms with Crippen molar-refractivity contribution < 1.29 is 19.0 Å². The third-order valence-corrected chi connectivity index (χ3v) is 4.92. The Bertz CT molecular complexity index is 802. The van der Waals surface area contributed by atoms with Gasteiger partial charge in [-0.2, -0.15) is 4.98 Å². The molecule has 2 aromatic rings. The number of hydrogen-bond donors (Lipinski definition) is 1. The van der Waals surface area contributed by atoms with Gasteiger partial charge >= 0.3 is 12.0 Å². The third kappa shape index (κ3) is 2.47. The van der Waals surface area contributed by atoms with Gasteiger partial charge in [0.05, 0.1) is 16.4 Å². The fraction of sp³-hybridized carbons (Fsp3) is 0.500. The van der Waals surface area contributed by atoms with Crippen LogP contribution < -0.4 is 4.74 Å². The van der Waals surface area contributed by atoms with Crippen molar-refractivity contribution >= 4 is 16.9 Å². The Kier molecular flexibility index (Phi) is 3.56. The first kappa shape index (κ1) is 15.2. The fourth-order valence-electron chi connectivity index (χ4n) is 3.83. The molecule has 4 rings (SSSR count). The number of aromatic nitrogens is 3. The number of alkyl halides is 1. The van der Waals surface area contributed by atoms with Gasteiger partial charge in [0.15, 0.2) is 5.69 Å². The lowest BCUT2D eigenvalue weighted by Crippen LogP contribution is -2.43. The van der Waals surface area contributed by atoms with Crippen molar-refractivity contribution in [2.24, 2.45) is 0 Å². The molecule has 4 heterocycles. The summed E-state index contributed by atoms with van der Waals surface area (Å²) in [6.07, 6.45) is 4.43. The van der Waals surface area contributed by atoms with Gasteiger partial charge < -0.3 is 9.84 Å². The average molecular weight is 332 g/mol. The highest BCUT2D eigenvalue weighted by molar-refractivity contribution is 6.00. The number of carboxylic acid groups (broad SMARTS) is 1. The van der Waals surface area contributed by atoms with Crippen molar-refractivity contribution in [1.82, 2.24) is 19.9 Å². The minimum Gasteiger partial charge on any atom is -0.476 e. The maximum Gasteiger partial charge on any atom is 0.355 e. The van der Waals surface area contributed by atoms with E-state index in [1.165, 1.54) is 12.4 Å². The Balaban J connectivity index is 1.56. The summed E-state index contributed by atoms with van der Waals surface area (Å²) in [5, 5.41) is 9.50. The normalized spacial score (nSPS) is 26.6. The van der Waals surface area contributed by atoms with Gasteiger partial charge in [0, 0.05) is 25.4 Å². The molecule has 0 amide bonds. The van der Waals surface area contributed by atoms with Crippen molar-refractivity contribution in [2.45, 2.75) is 31.0 Å². The Morgan fingerprint density at radius 1 is 1.50 bits per heavy atom. The third-order valence-electron chi connectivity index (χ3n) is 4.92. The summed E-state index contributed by atoms with van der Waals surface area (Å²) in [6.45, 7) is 1.71. The number of hydrogen-bond acceptors (Lipinski definition) is 6. The molecule has 2 aromatic heterocycles. The molecule has 0 aromatic carbocycles. The van der Waals surface area contributed by atoms with Crippen molar-refractivity contribution in [3.63, 3.8) is 0 Å². The molecule has 2 aliphatic rings. The molecule has 2 atom stereocenters. The Morgan fingerprint density at radius 2 is 2.38 bits per heavy atom. The smallest absolute Gasteiger partial charge is 0.355 e. The van der Waals surface area contributed by atoms with Crippen LogP contribution in [0.25, 0.3) is 10.9 Å². The zero-order valence-electron chi connectivity index (χ0n) is 13.0. The molecule has 8 heteroatoms. The van der Waals surface area contributed by atoms with Crippen LogP contribution >= 0.6 is 0 Å². The molecule has 24 heavy (non-hydrogen) atoms. The van der Waals surface area contributed by atoms with Gasteiger partial charge in [-0.05, 0) is 25.5 Å². The second-order valence-corrected chi connectivity index (χ2v) is 6.41. The molecule has 2 saturated heterocycles. The molecule has 0 aliphatic carbocycles. The number of carboxylic acids is 1. The monoisotopic (exact) mass is 332 g/mol. The van der Waals surface area contributed by atoms with E-state index in [0.717, 1.165) is 19.4 Å². The molecule has 0 saturated carbocycles. The SMILES string of the molecule is O=C(O)c1nccc2nc(OC[C@@]34CCCN3C[C@H](F)C4)ncc12. The van der Waals surface area contributed by atoms with E-state index in [1.54, 1.807) is 6.07 Å². The first-order valence-corrected chi connectivity index (χ1v) is 7.94. The molecule has 2 fully saturated rings. The molecule has 0 unspecified atom stereocenters. The topological polar surface area (TPSA) is 88.4 Å². The predicted octanol–water partition coefficient (Wildman–Crippen LogP) is 1.68. The molecule has 0 bridgehead atoms. The zero-order chi connectivity index (χ0) is 16.7. The quantitative estimate of drug-likeness (QED) is 0.911. The molecule has 0 spiro atoms. The number of pyridine rings is 1. The Hall–Kier alpha value is -2.35. The number of fused-ring (bicyclic) bond motifs is 2. The number of halogens is 1. The second kappa shape index (κ2) is 5.62. The van der Waals surface area contributed by atoms with Crippen molar-refractivity contribution in [3.05, 3.63) is 24.2 Å². The Morgan fingerprint density at radius 3 is 3.21 bits per heavy atom. The summed E-state index contributed by atoms with van der Waals surface area (Å²) < 4.78 is 19.5. The summed E-state index contributed by atoms with van der Waals surface area (Å²) in [5.41, 5.74) is 0.112. The number of aromatic carboxylic acids is 1. The maximum absolute atomic E-state index is 13.8. The van der Waals surface area contributed by atoms with Gasteiger partial charge in [0.2, 0.25) is 0 Å². The lowest BCUT2D eigenvalue weighted by atomic mass is 9.95. The van der Waals surface area contributed by atoms with Crippen LogP contribution in [0.5, 0.6) is 6.01 Å². The second-order valence-electron chi connectivity index (χ2n) is 6.41. The largest absolute Gasteiger partial charge is 0.476 e. The summed E-state index contributed by atoms with van der Waals surface area (Å²) in [4.78, 5) is 25.5. The minimum absolute atomic E-state index is 0.0873. The van der Waals surface area contributed by atoms with Crippen LogP contribution in [0.1, 0.15) is 29.8 Å².